The van der Waals surface area contributed by atoms with Gasteiger partial charge in [-0.2, -0.15) is 0 Å². The first kappa shape index (κ1) is 13.8. The van der Waals surface area contributed by atoms with Crippen LogP contribution in [-0.2, 0) is 4.79 Å². The summed E-state index contributed by atoms with van der Waals surface area (Å²) >= 11 is 5.84. The molecular formula is C12H17ClN2O2. The van der Waals surface area contributed by atoms with Crippen molar-refractivity contribution in [3.8, 4) is 5.75 Å². The van der Waals surface area contributed by atoms with Crippen molar-refractivity contribution in [2.75, 3.05) is 20.1 Å². The quantitative estimate of drug-likeness (QED) is 0.810. The molecular weight excluding hydrogens is 240 g/mol. The number of hydrogen-bond acceptors (Lipinski definition) is 3. The van der Waals surface area contributed by atoms with E-state index in [1.165, 1.54) is 0 Å². The van der Waals surface area contributed by atoms with Gasteiger partial charge in [-0.1, -0.05) is 17.7 Å². The molecule has 0 aliphatic carbocycles. The highest BCUT2D eigenvalue weighted by molar-refractivity contribution is 6.30. The number of likely N-dealkylation sites (N-methyl/N-ethyl adjacent to an activating group) is 1. The average molecular weight is 257 g/mol. The van der Waals surface area contributed by atoms with Crippen LogP contribution < -0.4 is 15.4 Å². The molecule has 1 aromatic rings. The second-order valence-corrected chi connectivity index (χ2v) is 4.16. The van der Waals surface area contributed by atoms with E-state index in [2.05, 4.69) is 10.6 Å². The SMILES string of the molecule is CNCC(=O)NCC(C)Oc1cccc(Cl)c1. The van der Waals surface area contributed by atoms with Crippen molar-refractivity contribution in [1.82, 2.24) is 10.6 Å². The van der Waals surface area contributed by atoms with E-state index in [9.17, 15) is 4.79 Å². The van der Waals surface area contributed by atoms with E-state index in [-0.39, 0.29) is 12.0 Å². The number of ether oxygens (including phenoxy) is 1. The molecule has 2 N–H and O–H groups in total. The molecule has 94 valence electrons. The van der Waals surface area contributed by atoms with Crippen LogP contribution >= 0.6 is 11.6 Å². The number of benzene rings is 1. The Hall–Kier alpha value is -1.26. The van der Waals surface area contributed by atoms with Crippen molar-refractivity contribution in [1.29, 1.82) is 0 Å². The average Bonchev–Trinajstić information content (AvgIpc) is 2.27. The fraction of sp³-hybridized carbons (Fsp3) is 0.417. The molecule has 1 aromatic carbocycles. The van der Waals surface area contributed by atoms with Gasteiger partial charge < -0.3 is 15.4 Å². The number of carbonyl (C=O) groups is 1. The molecule has 0 saturated carbocycles. The summed E-state index contributed by atoms with van der Waals surface area (Å²) in [7, 11) is 1.73. The molecule has 1 atom stereocenters. The number of carbonyl (C=O) groups excluding carboxylic acids is 1. The zero-order valence-electron chi connectivity index (χ0n) is 10.00. The molecule has 0 spiro atoms. The molecule has 0 bridgehead atoms. The summed E-state index contributed by atoms with van der Waals surface area (Å²) in [6.45, 7) is 2.66. The van der Waals surface area contributed by atoms with Crippen LogP contribution in [0.4, 0.5) is 0 Å². The number of hydrogen-bond donors (Lipinski definition) is 2. The molecule has 0 aromatic heterocycles. The Morgan fingerprint density at radius 3 is 2.94 bits per heavy atom. The minimum absolute atomic E-state index is 0.0472. The van der Waals surface area contributed by atoms with Gasteiger partial charge in [0, 0.05) is 5.02 Å². The second kappa shape index (κ2) is 7.14. The van der Waals surface area contributed by atoms with Gasteiger partial charge in [-0.3, -0.25) is 4.79 Å². The maximum Gasteiger partial charge on any atom is 0.234 e. The van der Waals surface area contributed by atoms with Crippen molar-refractivity contribution >= 4 is 17.5 Å². The van der Waals surface area contributed by atoms with Crippen molar-refractivity contribution in [2.24, 2.45) is 0 Å². The van der Waals surface area contributed by atoms with Gasteiger partial charge in [0.1, 0.15) is 11.9 Å². The van der Waals surface area contributed by atoms with Crippen LogP contribution in [0.5, 0.6) is 5.75 Å². The topological polar surface area (TPSA) is 50.4 Å². The zero-order valence-corrected chi connectivity index (χ0v) is 10.8. The summed E-state index contributed by atoms with van der Waals surface area (Å²) in [5.74, 6) is 0.655. The van der Waals surface area contributed by atoms with Gasteiger partial charge in [0.2, 0.25) is 5.91 Å². The third kappa shape index (κ3) is 5.56. The summed E-state index contributed by atoms with van der Waals surface area (Å²) in [5.41, 5.74) is 0. The van der Waals surface area contributed by atoms with E-state index in [0.717, 1.165) is 0 Å². The lowest BCUT2D eigenvalue weighted by Crippen LogP contribution is -2.38. The molecule has 0 fully saturated rings. The van der Waals surface area contributed by atoms with Crippen LogP contribution in [0.2, 0.25) is 5.02 Å². The minimum atomic E-state index is -0.103. The Bertz CT molecular complexity index is 371. The van der Waals surface area contributed by atoms with E-state index in [0.29, 0.717) is 23.9 Å². The predicted molar refractivity (Wildman–Crippen MR) is 68.5 cm³/mol. The minimum Gasteiger partial charge on any atom is -0.489 e. The number of halogens is 1. The molecule has 5 heteroatoms. The standard InChI is InChI=1S/C12H17ClN2O2/c1-9(7-15-12(16)8-14-2)17-11-5-3-4-10(13)6-11/h3-6,9,14H,7-8H2,1-2H3,(H,15,16). The first-order valence-electron chi connectivity index (χ1n) is 5.45. The van der Waals surface area contributed by atoms with Gasteiger partial charge >= 0.3 is 0 Å². The van der Waals surface area contributed by atoms with Crippen LogP contribution in [0.3, 0.4) is 0 Å². The highest BCUT2D eigenvalue weighted by atomic mass is 35.5. The Morgan fingerprint density at radius 1 is 1.53 bits per heavy atom. The molecule has 0 heterocycles. The van der Waals surface area contributed by atoms with E-state index >= 15 is 0 Å². The van der Waals surface area contributed by atoms with E-state index in [1.54, 1.807) is 19.2 Å². The van der Waals surface area contributed by atoms with E-state index < -0.39 is 0 Å². The van der Waals surface area contributed by atoms with Gasteiger partial charge in [-0.25, -0.2) is 0 Å². The first-order valence-corrected chi connectivity index (χ1v) is 5.83. The summed E-state index contributed by atoms with van der Waals surface area (Å²) in [5, 5.41) is 6.17. The lowest BCUT2D eigenvalue weighted by molar-refractivity contribution is -0.120. The van der Waals surface area contributed by atoms with Crippen molar-refractivity contribution < 1.29 is 9.53 Å². The summed E-state index contributed by atoms with van der Waals surface area (Å²) < 4.78 is 5.60. The molecule has 1 amide bonds. The van der Waals surface area contributed by atoms with Crippen molar-refractivity contribution in [3.05, 3.63) is 29.3 Å². The highest BCUT2D eigenvalue weighted by Crippen LogP contribution is 2.18. The zero-order chi connectivity index (χ0) is 12.7. The van der Waals surface area contributed by atoms with E-state index in [1.807, 2.05) is 19.1 Å². The predicted octanol–water partition coefficient (Wildman–Crippen LogP) is 1.44. The Balaban J connectivity index is 2.34. The maximum absolute atomic E-state index is 11.2. The lowest BCUT2D eigenvalue weighted by atomic mass is 10.3. The third-order valence-electron chi connectivity index (χ3n) is 2.06. The molecule has 4 nitrogen and oxygen atoms in total. The van der Waals surface area contributed by atoms with Crippen LogP contribution in [0.1, 0.15) is 6.92 Å². The summed E-state index contributed by atoms with van der Waals surface area (Å²) in [6, 6.07) is 7.18. The Morgan fingerprint density at radius 2 is 2.29 bits per heavy atom. The monoisotopic (exact) mass is 256 g/mol. The highest BCUT2D eigenvalue weighted by Gasteiger charge is 2.06. The molecule has 0 aliphatic rings. The van der Waals surface area contributed by atoms with Gasteiger partial charge in [0.05, 0.1) is 13.1 Å². The van der Waals surface area contributed by atoms with Crippen LogP contribution in [0, 0.1) is 0 Å². The van der Waals surface area contributed by atoms with Crippen molar-refractivity contribution in [3.63, 3.8) is 0 Å². The summed E-state index contributed by atoms with van der Waals surface area (Å²) in [6.07, 6.45) is -0.103. The third-order valence-corrected chi connectivity index (χ3v) is 2.29. The fourth-order valence-electron chi connectivity index (χ4n) is 1.29. The van der Waals surface area contributed by atoms with Gasteiger partial charge in [-0.15, -0.1) is 0 Å². The fourth-order valence-corrected chi connectivity index (χ4v) is 1.48. The van der Waals surface area contributed by atoms with Crippen LogP contribution in [-0.4, -0.2) is 32.1 Å². The molecule has 0 aliphatic heterocycles. The van der Waals surface area contributed by atoms with Gasteiger partial charge in [0.25, 0.3) is 0 Å². The molecule has 1 unspecified atom stereocenters. The number of amides is 1. The van der Waals surface area contributed by atoms with Gasteiger partial charge in [-0.05, 0) is 32.2 Å². The van der Waals surface area contributed by atoms with Gasteiger partial charge in [0.15, 0.2) is 0 Å². The number of rotatable bonds is 6. The second-order valence-electron chi connectivity index (χ2n) is 3.72. The van der Waals surface area contributed by atoms with Crippen LogP contribution in [0.15, 0.2) is 24.3 Å². The normalized spacial score (nSPS) is 11.9. The summed E-state index contributed by atoms with van der Waals surface area (Å²) in [4.78, 5) is 11.2. The van der Waals surface area contributed by atoms with E-state index in [4.69, 9.17) is 16.3 Å². The largest absolute Gasteiger partial charge is 0.489 e. The Kier molecular flexibility index (Phi) is 5.80. The first-order chi connectivity index (χ1) is 8.11. The van der Waals surface area contributed by atoms with Crippen LogP contribution in [0.25, 0.3) is 0 Å². The van der Waals surface area contributed by atoms with Crippen molar-refractivity contribution in [2.45, 2.75) is 13.0 Å². The molecule has 17 heavy (non-hydrogen) atoms. The Labute approximate surface area is 106 Å². The molecule has 0 radical (unpaired) electrons. The maximum atomic E-state index is 11.2. The molecule has 0 saturated heterocycles. The number of nitrogens with one attached hydrogen (secondary N) is 2. The molecule has 1 rings (SSSR count). The smallest absolute Gasteiger partial charge is 0.234 e. The lowest BCUT2D eigenvalue weighted by Gasteiger charge is -2.15.